The molecule has 1 aromatic rings. The second kappa shape index (κ2) is 6.51. The van der Waals surface area contributed by atoms with Crippen LogP contribution in [0.4, 0.5) is 11.9 Å². The van der Waals surface area contributed by atoms with E-state index in [2.05, 4.69) is 32.2 Å². The molecule has 1 aromatic heterocycles. The molecule has 7 heteroatoms. The quantitative estimate of drug-likeness (QED) is 0.627. The maximum Gasteiger partial charge on any atom is 0.322 e. The summed E-state index contributed by atoms with van der Waals surface area (Å²) in [7, 11) is 1.54. The lowest BCUT2D eigenvalue weighted by Gasteiger charge is -2.29. The van der Waals surface area contributed by atoms with Crippen LogP contribution >= 0.6 is 0 Å². The number of hydrogen-bond donors (Lipinski definition) is 2. The summed E-state index contributed by atoms with van der Waals surface area (Å²) < 4.78 is 5.10. The summed E-state index contributed by atoms with van der Waals surface area (Å²) in [5.41, 5.74) is 2.46. The van der Waals surface area contributed by atoms with Crippen molar-refractivity contribution >= 4 is 11.9 Å². The van der Waals surface area contributed by atoms with Crippen molar-refractivity contribution in [2.75, 3.05) is 24.0 Å². The van der Waals surface area contributed by atoms with E-state index in [0.29, 0.717) is 17.9 Å². The van der Waals surface area contributed by atoms with Gasteiger partial charge in [0, 0.05) is 12.6 Å². The second-order valence-corrected chi connectivity index (χ2v) is 4.69. The molecule has 0 amide bonds. The van der Waals surface area contributed by atoms with E-state index in [1.165, 1.54) is 19.3 Å². The molecule has 0 spiro atoms. The monoisotopic (exact) mass is 266 g/mol. The molecule has 1 aliphatic heterocycles. The van der Waals surface area contributed by atoms with Crippen molar-refractivity contribution in [3.8, 4) is 6.01 Å². The van der Waals surface area contributed by atoms with Gasteiger partial charge in [-0.2, -0.15) is 15.0 Å². The standard InChI is InChI=1S/C12H22N6O/c1-3-9-7-5-4-6-8-18(9)11-14-10(17-13)15-12(16-11)19-2/h9H,3-8,13H2,1-2H3,(H,14,15,16,17). The maximum atomic E-state index is 5.39. The van der Waals surface area contributed by atoms with E-state index in [1.54, 1.807) is 7.11 Å². The van der Waals surface area contributed by atoms with Crippen molar-refractivity contribution in [1.82, 2.24) is 15.0 Å². The number of methoxy groups -OCH3 is 1. The van der Waals surface area contributed by atoms with Crippen molar-refractivity contribution < 1.29 is 4.74 Å². The van der Waals surface area contributed by atoms with Crippen LogP contribution in [-0.4, -0.2) is 34.6 Å². The molecule has 0 saturated carbocycles. The Kier molecular flexibility index (Phi) is 4.73. The van der Waals surface area contributed by atoms with E-state index >= 15 is 0 Å². The number of hydrogen-bond acceptors (Lipinski definition) is 7. The highest BCUT2D eigenvalue weighted by atomic mass is 16.5. The van der Waals surface area contributed by atoms with Crippen molar-refractivity contribution in [3.05, 3.63) is 0 Å². The molecule has 1 atom stereocenters. The lowest BCUT2D eigenvalue weighted by atomic mass is 10.1. The smallest absolute Gasteiger partial charge is 0.322 e. The van der Waals surface area contributed by atoms with Gasteiger partial charge in [0.25, 0.3) is 0 Å². The minimum atomic E-state index is 0.289. The highest BCUT2D eigenvalue weighted by Crippen LogP contribution is 2.24. The number of hydrazine groups is 1. The van der Waals surface area contributed by atoms with Crippen LogP contribution in [0.2, 0.25) is 0 Å². The van der Waals surface area contributed by atoms with Gasteiger partial charge in [-0.3, -0.25) is 5.43 Å². The Morgan fingerprint density at radius 3 is 2.84 bits per heavy atom. The number of nitrogen functional groups attached to an aromatic ring is 1. The Morgan fingerprint density at radius 1 is 1.32 bits per heavy atom. The van der Waals surface area contributed by atoms with E-state index in [1.807, 2.05) is 0 Å². The average Bonchev–Trinajstić information content (AvgIpc) is 2.71. The Morgan fingerprint density at radius 2 is 2.16 bits per heavy atom. The number of ether oxygens (including phenoxy) is 1. The number of aromatic nitrogens is 3. The Hall–Kier alpha value is -1.63. The molecular formula is C12H22N6O. The summed E-state index contributed by atoms with van der Waals surface area (Å²) in [5, 5.41) is 0. The fourth-order valence-electron chi connectivity index (χ4n) is 2.50. The Labute approximate surface area is 113 Å². The number of anilines is 2. The number of nitrogens with two attached hydrogens (primary N) is 1. The lowest BCUT2D eigenvalue weighted by Crippen LogP contribution is -2.36. The Balaban J connectivity index is 2.31. The number of rotatable bonds is 4. The number of nitrogens with one attached hydrogen (secondary N) is 1. The molecule has 1 fully saturated rings. The van der Waals surface area contributed by atoms with Gasteiger partial charge in [-0.15, -0.1) is 0 Å². The predicted octanol–water partition coefficient (Wildman–Crippen LogP) is 1.32. The van der Waals surface area contributed by atoms with Gasteiger partial charge in [0.2, 0.25) is 11.9 Å². The molecule has 1 aliphatic rings. The highest BCUT2D eigenvalue weighted by molar-refractivity contribution is 5.39. The molecule has 7 nitrogen and oxygen atoms in total. The fraction of sp³-hybridized carbons (Fsp3) is 0.750. The summed E-state index contributed by atoms with van der Waals surface area (Å²) >= 11 is 0. The molecule has 19 heavy (non-hydrogen) atoms. The maximum absolute atomic E-state index is 5.39. The highest BCUT2D eigenvalue weighted by Gasteiger charge is 2.23. The van der Waals surface area contributed by atoms with Crippen LogP contribution in [0, 0.1) is 0 Å². The van der Waals surface area contributed by atoms with Gasteiger partial charge in [-0.25, -0.2) is 5.84 Å². The zero-order valence-corrected chi connectivity index (χ0v) is 11.6. The fourth-order valence-corrected chi connectivity index (χ4v) is 2.50. The van der Waals surface area contributed by atoms with Crippen molar-refractivity contribution in [3.63, 3.8) is 0 Å². The molecule has 2 rings (SSSR count). The number of nitrogens with zero attached hydrogens (tertiary/aromatic N) is 4. The zero-order chi connectivity index (χ0) is 13.7. The molecule has 0 aliphatic carbocycles. The van der Waals surface area contributed by atoms with Gasteiger partial charge in [-0.1, -0.05) is 19.8 Å². The molecule has 106 valence electrons. The summed E-state index contributed by atoms with van der Waals surface area (Å²) in [4.78, 5) is 15.0. The SMILES string of the molecule is CCC1CCCCCN1c1nc(NN)nc(OC)n1. The van der Waals surface area contributed by atoms with Crippen LogP contribution in [0.1, 0.15) is 39.0 Å². The zero-order valence-electron chi connectivity index (χ0n) is 11.6. The van der Waals surface area contributed by atoms with E-state index < -0.39 is 0 Å². The van der Waals surface area contributed by atoms with E-state index in [4.69, 9.17) is 10.6 Å². The molecule has 0 bridgehead atoms. The largest absolute Gasteiger partial charge is 0.467 e. The van der Waals surface area contributed by atoms with Gasteiger partial charge in [0.05, 0.1) is 7.11 Å². The Bertz CT molecular complexity index is 391. The molecule has 3 N–H and O–H groups in total. The molecule has 1 saturated heterocycles. The minimum absolute atomic E-state index is 0.289. The van der Waals surface area contributed by atoms with E-state index in [0.717, 1.165) is 19.4 Å². The predicted molar refractivity (Wildman–Crippen MR) is 74.1 cm³/mol. The molecule has 0 radical (unpaired) electrons. The van der Waals surface area contributed by atoms with Crippen LogP contribution in [0.3, 0.4) is 0 Å². The molecule has 0 aromatic carbocycles. The van der Waals surface area contributed by atoms with E-state index in [-0.39, 0.29) is 6.01 Å². The molecule has 1 unspecified atom stereocenters. The van der Waals surface area contributed by atoms with Crippen LogP contribution < -0.4 is 20.9 Å². The third-order valence-corrected chi connectivity index (χ3v) is 3.52. The normalized spacial score (nSPS) is 19.9. The molecular weight excluding hydrogens is 244 g/mol. The van der Waals surface area contributed by atoms with Gasteiger partial charge >= 0.3 is 6.01 Å². The van der Waals surface area contributed by atoms with Crippen LogP contribution in [0.25, 0.3) is 0 Å². The third kappa shape index (κ3) is 3.23. The van der Waals surface area contributed by atoms with Crippen molar-refractivity contribution in [2.24, 2.45) is 5.84 Å². The first-order chi connectivity index (χ1) is 9.28. The third-order valence-electron chi connectivity index (χ3n) is 3.52. The first-order valence-electron chi connectivity index (χ1n) is 6.81. The van der Waals surface area contributed by atoms with E-state index in [9.17, 15) is 0 Å². The van der Waals surface area contributed by atoms with Crippen molar-refractivity contribution in [1.29, 1.82) is 0 Å². The van der Waals surface area contributed by atoms with Crippen LogP contribution in [0.15, 0.2) is 0 Å². The van der Waals surface area contributed by atoms with Crippen molar-refractivity contribution in [2.45, 2.75) is 45.1 Å². The second-order valence-electron chi connectivity index (χ2n) is 4.69. The minimum Gasteiger partial charge on any atom is -0.467 e. The molecule has 2 heterocycles. The van der Waals surface area contributed by atoms with Crippen LogP contribution in [-0.2, 0) is 0 Å². The average molecular weight is 266 g/mol. The first kappa shape index (κ1) is 13.8. The summed E-state index contributed by atoms with van der Waals surface area (Å²) in [6.07, 6.45) is 5.95. The van der Waals surface area contributed by atoms with Gasteiger partial charge in [0.1, 0.15) is 0 Å². The van der Waals surface area contributed by atoms with Crippen LogP contribution in [0.5, 0.6) is 6.01 Å². The van der Waals surface area contributed by atoms with Gasteiger partial charge in [-0.05, 0) is 19.3 Å². The van der Waals surface area contributed by atoms with Gasteiger partial charge < -0.3 is 9.64 Å². The summed E-state index contributed by atoms with van der Waals surface area (Å²) in [6.45, 7) is 3.17. The van der Waals surface area contributed by atoms with Gasteiger partial charge in [0.15, 0.2) is 0 Å². The summed E-state index contributed by atoms with van der Waals surface area (Å²) in [5.74, 6) is 6.37. The topological polar surface area (TPSA) is 89.2 Å². The lowest BCUT2D eigenvalue weighted by molar-refractivity contribution is 0.377. The first-order valence-corrected chi connectivity index (χ1v) is 6.81. The summed E-state index contributed by atoms with van der Waals surface area (Å²) in [6, 6.07) is 0.761.